The van der Waals surface area contributed by atoms with Crippen LogP contribution in [0.1, 0.15) is 0 Å². The van der Waals surface area contributed by atoms with E-state index in [-0.39, 0.29) is 0 Å². The Balaban J connectivity index is 1.17. The molecule has 0 aromatic heterocycles. The molecule has 0 atom stereocenters. The van der Waals surface area contributed by atoms with Crippen LogP contribution in [-0.4, -0.2) is 0 Å². The Labute approximate surface area is 297 Å². The molecule has 0 unspecified atom stereocenters. The number of fused-ring (bicyclic) bond motifs is 7. The van der Waals surface area contributed by atoms with Crippen molar-refractivity contribution < 1.29 is 0 Å². The zero-order chi connectivity index (χ0) is 33.7. The molecule has 0 aliphatic rings. The number of hydrogen-bond donors (Lipinski definition) is 0. The highest BCUT2D eigenvalue weighted by Crippen LogP contribution is 2.45. The van der Waals surface area contributed by atoms with Gasteiger partial charge in [0.25, 0.3) is 0 Å². The summed E-state index contributed by atoms with van der Waals surface area (Å²) in [5, 5.41) is 12.6. The van der Waals surface area contributed by atoms with Gasteiger partial charge in [0.1, 0.15) is 0 Å². The van der Waals surface area contributed by atoms with E-state index >= 15 is 0 Å². The molecule has 0 aliphatic carbocycles. The molecule has 10 aromatic rings. The predicted octanol–water partition coefficient (Wildman–Crippen LogP) is 14.3. The highest BCUT2D eigenvalue weighted by Gasteiger charge is 2.19. The molecule has 1 nitrogen and oxygen atoms in total. The van der Waals surface area contributed by atoms with Crippen molar-refractivity contribution >= 4 is 70.9 Å². The van der Waals surface area contributed by atoms with Crippen molar-refractivity contribution in [2.24, 2.45) is 0 Å². The molecule has 0 spiro atoms. The summed E-state index contributed by atoms with van der Waals surface area (Å²) in [4.78, 5) is 2.39. The van der Waals surface area contributed by atoms with Crippen LogP contribution in [0, 0.1) is 0 Å². The van der Waals surface area contributed by atoms with Crippen LogP contribution in [0.5, 0.6) is 0 Å². The summed E-state index contributed by atoms with van der Waals surface area (Å²) >= 11 is 0. The molecule has 0 saturated carbocycles. The Bertz CT molecular complexity index is 2900. The standard InChI is InChI=1S/C50H33N/c1-2-16-37(17-3-1)51(38-28-25-36(26-29-38)40-24-12-15-34-13-4-6-18-39(34)40)50-32-31-46(43-21-10-11-23-47(43)50)49-33-48-41-19-7-5-14-35(41)27-30-45(48)42-20-8-9-22-44(42)49/h1-33H. The summed E-state index contributed by atoms with van der Waals surface area (Å²) in [7, 11) is 0. The van der Waals surface area contributed by atoms with Crippen molar-refractivity contribution in [1.82, 2.24) is 0 Å². The van der Waals surface area contributed by atoms with Gasteiger partial charge in [-0.2, -0.15) is 0 Å². The fraction of sp³-hybridized carbons (Fsp3) is 0. The average molecular weight is 648 g/mol. The van der Waals surface area contributed by atoms with Crippen LogP contribution >= 0.6 is 0 Å². The highest BCUT2D eigenvalue weighted by atomic mass is 15.1. The summed E-state index contributed by atoms with van der Waals surface area (Å²) in [6.45, 7) is 0. The molecule has 0 fully saturated rings. The molecular formula is C50H33N. The zero-order valence-corrected chi connectivity index (χ0v) is 28.0. The van der Waals surface area contributed by atoms with Gasteiger partial charge in [0, 0.05) is 16.8 Å². The minimum atomic E-state index is 1.12. The van der Waals surface area contributed by atoms with E-state index in [1.807, 2.05) is 0 Å². The van der Waals surface area contributed by atoms with E-state index in [0.29, 0.717) is 0 Å². The topological polar surface area (TPSA) is 3.24 Å². The second-order valence-electron chi connectivity index (χ2n) is 13.3. The molecule has 0 saturated heterocycles. The van der Waals surface area contributed by atoms with Gasteiger partial charge in [0.2, 0.25) is 0 Å². The van der Waals surface area contributed by atoms with E-state index in [1.54, 1.807) is 0 Å². The molecule has 0 amide bonds. The SMILES string of the molecule is c1ccc(N(c2ccc(-c3cccc4ccccc34)cc2)c2ccc(-c3cc4c5ccccc5ccc4c4ccccc34)c3ccccc23)cc1. The molecule has 10 rings (SSSR count). The zero-order valence-electron chi connectivity index (χ0n) is 28.0. The minimum Gasteiger partial charge on any atom is -0.310 e. The van der Waals surface area contributed by atoms with Crippen LogP contribution in [0.2, 0.25) is 0 Å². The first-order chi connectivity index (χ1) is 25.3. The van der Waals surface area contributed by atoms with Crippen LogP contribution in [0.15, 0.2) is 200 Å². The van der Waals surface area contributed by atoms with Crippen LogP contribution in [0.4, 0.5) is 17.1 Å². The van der Waals surface area contributed by atoms with Crippen molar-refractivity contribution in [3.8, 4) is 22.3 Å². The highest BCUT2D eigenvalue weighted by molar-refractivity contribution is 6.22. The number of rotatable bonds is 5. The maximum atomic E-state index is 2.42. The summed E-state index contributed by atoms with van der Waals surface area (Å²) in [6, 6.07) is 73.0. The van der Waals surface area contributed by atoms with E-state index in [0.717, 1.165) is 17.1 Å². The molecule has 0 bridgehead atoms. The second-order valence-corrected chi connectivity index (χ2v) is 13.3. The van der Waals surface area contributed by atoms with Crippen LogP contribution in [-0.2, 0) is 0 Å². The van der Waals surface area contributed by atoms with E-state index < -0.39 is 0 Å². The molecule has 1 heteroatoms. The third kappa shape index (κ3) is 4.86. The number of anilines is 3. The summed E-state index contributed by atoms with van der Waals surface area (Å²) in [6.07, 6.45) is 0. The van der Waals surface area contributed by atoms with Gasteiger partial charge in [-0.1, -0.05) is 164 Å². The van der Waals surface area contributed by atoms with Gasteiger partial charge in [-0.3, -0.25) is 0 Å². The fourth-order valence-corrected chi connectivity index (χ4v) is 8.07. The Hall–Kier alpha value is -6.70. The summed E-state index contributed by atoms with van der Waals surface area (Å²) in [5.41, 5.74) is 8.33. The first-order valence-electron chi connectivity index (χ1n) is 17.6. The molecule has 10 aromatic carbocycles. The Morgan fingerprint density at radius 1 is 0.255 bits per heavy atom. The van der Waals surface area contributed by atoms with Gasteiger partial charge in [0.05, 0.1) is 5.69 Å². The lowest BCUT2D eigenvalue weighted by atomic mass is 9.88. The number of nitrogens with zero attached hydrogens (tertiary/aromatic N) is 1. The normalized spacial score (nSPS) is 11.5. The fourth-order valence-electron chi connectivity index (χ4n) is 8.07. The molecule has 0 heterocycles. The van der Waals surface area contributed by atoms with Crippen LogP contribution < -0.4 is 4.90 Å². The van der Waals surface area contributed by atoms with Gasteiger partial charge in [-0.05, 0) is 107 Å². The summed E-state index contributed by atoms with van der Waals surface area (Å²) in [5.74, 6) is 0. The first kappa shape index (κ1) is 29.2. The van der Waals surface area contributed by atoms with Gasteiger partial charge in [-0.15, -0.1) is 0 Å². The molecule has 0 N–H and O–H groups in total. The Kier molecular flexibility index (Phi) is 6.89. The smallest absolute Gasteiger partial charge is 0.0540 e. The van der Waals surface area contributed by atoms with Crippen molar-refractivity contribution in [2.45, 2.75) is 0 Å². The molecule has 238 valence electrons. The van der Waals surface area contributed by atoms with Crippen LogP contribution in [0.25, 0.3) is 76.1 Å². The lowest BCUT2D eigenvalue weighted by molar-refractivity contribution is 1.30. The molecular weight excluding hydrogens is 615 g/mol. The van der Waals surface area contributed by atoms with Gasteiger partial charge in [0.15, 0.2) is 0 Å². The van der Waals surface area contributed by atoms with Crippen LogP contribution in [0.3, 0.4) is 0 Å². The first-order valence-corrected chi connectivity index (χ1v) is 17.6. The maximum Gasteiger partial charge on any atom is 0.0540 e. The van der Waals surface area contributed by atoms with E-state index in [2.05, 4.69) is 205 Å². The molecule has 0 aliphatic heterocycles. The van der Waals surface area contributed by atoms with Crippen molar-refractivity contribution in [1.29, 1.82) is 0 Å². The predicted molar refractivity (Wildman–Crippen MR) is 220 cm³/mol. The largest absolute Gasteiger partial charge is 0.310 e. The third-order valence-electron chi connectivity index (χ3n) is 10.4. The van der Waals surface area contributed by atoms with Gasteiger partial charge < -0.3 is 4.90 Å². The third-order valence-corrected chi connectivity index (χ3v) is 10.4. The Morgan fingerprint density at radius 2 is 0.804 bits per heavy atom. The van der Waals surface area contributed by atoms with Gasteiger partial charge >= 0.3 is 0 Å². The lowest BCUT2D eigenvalue weighted by Crippen LogP contribution is -2.10. The molecule has 0 radical (unpaired) electrons. The minimum absolute atomic E-state index is 1.12. The van der Waals surface area contributed by atoms with Crippen molar-refractivity contribution in [3.05, 3.63) is 200 Å². The number of para-hydroxylation sites is 1. The van der Waals surface area contributed by atoms with E-state index in [9.17, 15) is 0 Å². The maximum absolute atomic E-state index is 2.42. The summed E-state index contributed by atoms with van der Waals surface area (Å²) < 4.78 is 0. The monoisotopic (exact) mass is 647 g/mol. The molecule has 51 heavy (non-hydrogen) atoms. The van der Waals surface area contributed by atoms with Crippen molar-refractivity contribution in [3.63, 3.8) is 0 Å². The Morgan fingerprint density at radius 3 is 1.57 bits per heavy atom. The lowest BCUT2D eigenvalue weighted by Gasteiger charge is -2.28. The van der Waals surface area contributed by atoms with Crippen molar-refractivity contribution in [2.75, 3.05) is 4.90 Å². The number of hydrogen-bond acceptors (Lipinski definition) is 1. The second kappa shape index (κ2) is 12.0. The van der Waals surface area contributed by atoms with E-state index in [1.165, 1.54) is 76.1 Å². The van der Waals surface area contributed by atoms with E-state index in [4.69, 9.17) is 0 Å². The van der Waals surface area contributed by atoms with Gasteiger partial charge in [-0.25, -0.2) is 0 Å². The average Bonchev–Trinajstić information content (AvgIpc) is 3.21. The number of benzene rings is 10. The quantitative estimate of drug-likeness (QED) is 0.168.